The van der Waals surface area contributed by atoms with Crippen molar-refractivity contribution in [2.45, 2.75) is 110 Å². The van der Waals surface area contributed by atoms with Crippen LogP contribution < -0.4 is 5.32 Å². The minimum absolute atomic E-state index is 0.0194. The van der Waals surface area contributed by atoms with Crippen molar-refractivity contribution in [1.29, 1.82) is 0 Å². The fourth-order valence-electron chi connectivity index (χ4n) is 9.86. The predicted molar refractivity (Wildman–Crippen MR) is 227 cm³/mol. The first-order valence-electron chi connectivity index (χ1n) is 21.3. The van der Waals surface area contributed by atoms with Crippen molar-refractivity contribution in [3.63, 3.8) is 0 Å². The largest absolute Gasteiger partial charge is 0.453 e. The van der Waals surface area contributed by atoms with E-state index in [0.29, 0.717) is 46.1 Å². The highest BCUT2D eigenvalue weighted by Crippen LogP contribution is 2.59. The normalized spacial score (nSPS) is 22.7. The molecule has 61 heavy (non-hydrogen) atoms. The lowest BCUT2D eigenvalue weighted by atomic mass is 9.98. The molecule has 14 heteroatoms. The van der Waals surface area contributed by atoms with E-state index in [-0.39, 0.29) is 58.5 Å². The van der Waals surface area contributed by atoms with Crippen molar-refractivity contribution in [2.24, 2.45) is 17.3 Å². The molecule has 9 rings (SSSR count). The number of H-pyrrole nitrogens is 2. The van der Waals surface area contributed by atoms with Crippen molar-refractivity contribution < 1.29 is 32.6 Å². The number of hydrogen-bond acceptors (Lipinski definition) is 7. The zero-order valence-corrected chi connectivity index (χ0v) is 35.9. The van der Waals surface area contributed by atoms with E-state index in [2.05, 4.69) is 22.2 Å². The molecule has 0 unspecified atom stereocenters. The predicted octanol–water partition coefficient (Wildman–Crippen LogP) is 9.88. The van der Waals surface area contributed by atoms with Gasteiger partial charge in [-0.15, -0.1) is 0 Å². The maximum absolute atomic E-state index is 16.6. The quantitative estimate of drug-likeness (QED) is 0.148. The van der Waals surface area contributed by atoms with E-state index < -0.39 is 23.7 Å². The summed E-state index contributed by atoms with van der Waals surface area (Å²) in [6, 6.07) is 14.5. The van der Waals surface area contributed by atoms with Crippen LogP contribution >= 0.6 is 0 Å². The highest BCUT2D eigenvalue weighted by Gasteiger charge is 2.55. The second-order valence-electron chi connectivity index (χ2n) is 19.1. The smallest absolute Gasteiger partial charge is 0.411 e. The second-order valence-corrected chi connectivity index (χ2v) is 19.1. The van der Waals surface area contributed by atoms with Crippen molar-refractivity contribution in [1.82, 2.24) is 35.1 Å². The van der Waals surface area contributed by atoms with Crippen LogP contribution in [0.5, 0.6) is 0 Å². The van der Waals surface area contributed by atoms with Crippen LogP contribution in [0.3, 0.4) is 0 Å². The fraction of sp³-hybridized carbons (Fsp3) is 0.468. The van der Waals surface area contributed by atoms with Crippen LogP contribution in [-0.4, -0.2) is 79.2 Å². The number of alkyl halides is 2. The topological polar surface area (TPSA) is 146 Å². The van der Waals surface area contributed by atoms with Gasteiger partial charge >= 0.3 is 12.2 Å². The number of hydrogen-bond donors (Lipinski definition) is 3. The first-order chi connectivity index (χ1) is 28.9. The van der Waals surface area contributed by atoms with Gasteiger partial charge in [0.15, 0.2) is 0 Å². The zero-order chi connectivity index (χ0) is 43.3. The summed E-state index contributed by atoms with van der Waals surface area (Å²) >= 11 is 0. The summed E-state index contributed by atoms with van der Waals surface area (Å²) in [4.78, 5) is 59.4. The number of amides is 3. The molecule has 2 aromatic heterocycles. The molecule has 3 aromatic carbocycles. The lowest BCUT2D eigenvalue weighted by Crippen LogP contribution is -2.51. The molecule has 0 radical (unpaired) electrons. The summed E-state index contributed by atoms with van der Waals surface area (Å²) < 4.78 is 43.8. The Morgan fingerprint density at radius 3 is 2.23 bits per heavy atom. The number of aromatic nitrogens is 4. The Morgan fingerprint density at radius 1 is 0.918 bits per heavy atom. The summed E-state index contributed by atoms with van der Waals surface area (Å²) in [6.07, 6.45) is 4.15. The number of alkyl carbamates (subject to hydrolysis) is 1. The standard InChI is InChI=1S/C47H53F2N7O5/c1-24(2)38(54-43(58)60-8)42(57)55-23-46(15-16-46)21-37(55)40-50-22-36(53-40)29-10-13-31-30-12-9-27(18-32(30)47(48,49)33(31)19-29)28-11-14-34-35(20-28)52-41(51-34)39-25(3)17-26(4)56(39)44(59)61-45(5,6)7/h9-14,18-20,22,24-26,37-39H,15-17,21,23H2,1-8H3,(H,50,53)(H,51,52)(H,54,58)/t25-,26+,37-,38+,39-/m0/s1. The van der Waals surface area contributed by atoms with Gasteiger partial charge in [-0.1, -0.05) is 51.1 Å². The van der Waals surface area contributed by atoms with Crippen molar-refractivity contribution in [3.8, 4) is 33.5 Å². The van der Waals surface area contributed by atoms with Crippen LogP contribution in [0.4, 0.5) is 18.4 Å². The molecule has 2 aliphatic carbocycles. The number of methoxy groups -OCH3 is 1. The molecular formula is C47H53F2N7O5. The number of carbonyl (C=O) groups is 3. The summed E-state index contributed by atoms with van der Waals surface area (Å²) in [5.41, 5.74) is 4.19. The number of nitrogens with one attached hydrogen (secondary N) is 3. The number of fused-ring (bicyclic) bond motifs is 4. The molecule has 1 saturated carbocycles. The highest BCUT2D eigenvalue weighted by atomic mass is 19.3. The first-order valence-corrected chi connectivity index (χ1v) is 21.3. The molecule has 2 saturated heterocycles. The Bertz CT molecular complexity index is 2570. The van der Waals surface area contributed by atoms with Crippen molar-refractivity contribution in [2.75, 3.05) is 13.7 Å². The molecule has 3 amide bonds. The maximum Gasteiger partial charge on any atom is 0.411 e. The van der Waals surface area contributed by atoms with Crippen LogP contribution in [0, 0.1) is 17.3 Å². The summed E-state index contributed by atoms with van der Waals surface area (Å²) in [5.74, 6) is -2.25. The van der Waals surface area contributed by atoms with E-state index in [1.165, 1.54) is 13.2 Å². The molecule has 1 spiro atoms. The van der Waals surface area contributed by atoms with Gasteiger partial charge in [-0.2, -0.15) is 8.78 Å². The Kier molecular flexibility index (Phi) is 9.59. The average Bonchev–Trinajstić information content (AvgIpc) is 3.64. The molecule has 0 bridgehead atoms. The van der Waals surface area contributed by atoms with Gasteiger partial charge in [-0.05, 0) is 117 Å². The third kappa shape index (κ3) is 7.11. The molecule has 2 aliphatic heterocycles. The molecule has 4 heterocycles. The summed E-state index contributed by atoms with van der Waals surface area (Å²) in [6.45, 7) is 14.0. The van der Waals surface area contributed by atoms with E-state index in [4.69, 9.17) is 19.4 Å². The van der Waals surface area contributed by atoms with Crippen LogP contribution in [0.25, 0.3) is 44.5 Å². The zero-order valence-electron chi connectivity index (χ0n) is 35.9. The Morgan fingerprint density at radius 2 is 1.57 bits per heavy atom. The third-order valence-electron chi connectivity index (χ3n) is 13.1. The lowest BCUT2D eigenvalue weighted by Gasteiger charge is -2.31. The van der Waals surface area contributed by atoms with Gasteiger partial charge in [0.2, 0.25) is 5.91 Å². The average molecular weight is 834 g/mol. The Balaban J connectivity index is 0.967. The third-order valence-corrected chi connectivity index (χ3v) is 13.1. The molecule has 3 fully saturated rings. The highest BCUT2D eigenvalue weighted by molar-refractivity contribution is 5.88. The van der Waals surface area contributed by atoms with Crippen molar-refractivity contribution >= 4 is 29.1 Å². The van der Waals surface area contributed by atoms with Crippen LogP contribution in [0.15, 0.2) is 60.8 Å². The van der Waals surface area contributed by atoms with Gasteiger partial charge in [0.25, 0.3) is 5.92 Å². The van der Waals surface area contributed by atoms with Gasteiger partial charge in [0, 0.05) is 29.3 Å². The van der Waals surface area contributed by atoms with Gasteiger partial charge in [-0.25, -0.2) is 19.6 Å². The number of imidazole rings is 2. The Labute approximate surface area is 353 Å². The lowest BCUT2D eigenvalue weighted by molar-refractivity contribution is -0.135. The summed E-state index contributed by atoms with van der Waals surface area (Å²) in [5, 5.41) is 2.70. The molecule has 4 aliphatic rings. The fourth-order valence-corrected chi connectivity index (χ4v) is 9.86. The number of nitrogens with zero attached hydrogens (tertiary/aromatic N) is 4. The van der Waals surface area contributed by atoms with Crippen LogP contribution in [0.2, 0.25) is 0 Å². The molecule has 12 nitrogen and oxygen atoms in total. The van der Waals surface area contributed by atoms with E-state index >= 15 is 8.78 Å². The Hall–Kier alpha value is -5.79. The van der Waals surface area contributed by atoms with E-state index in [9.17, 15) is 14.4 Å². The number of halogens is 2. The van der Waals surface area contributed by atoms with Gasteiger partial charge in [0.05, 0.1) is 42.1 Å². The minimum atomic E-state index is -3.27. The number of benzene rings is 3. The van der Waals surface area contributed by atoms with Gasteiger partial charge in [-0.3, -0.25) is 9.69 Å². The second kappa shape index (κ2) is 14.4. The van der Waals surface area contributed by atoms with Crippen molar-refractivity contribution in [3.05, 3.63) is 83.6 Å². The minimum Gasteiger partial charge on any atom is -0.453 e. The van der Waals surface area contributed by atoms with Crippen LogP contribution in [0.1, 0.15) is 109 Å². The number of rotatable bonds is 7. The molecule has 5 aromatic rings. The van der Waals surface area contributed by atoms with E-state index in [0.717, 1.165) is 42.3 Å². The number of ether oxygens (including phenoxy) is 2. The van der Waals surface area contributed by atoms with E-state index in [1.54, 1.807) is 34.2 Å². The van der Waals surface area contributed by atoms with Gasteiger partial charge in [0.1, 0.15) is 23.3 Å². The first kappa shape index (κ1) is 40.6. The van der Waals surface area contributed by atoms with E-state index in [1.807, 2.05) is 71.9 Å². The van der Waals surface area contributed by atoms with Gasteiger partial charge < -0.3 is 29.7 Å². The molecule has 3 N–H and O–H groups in total. The SMILES string of the molecule is COC(=O)N[C@@H](C(=O)N1CC2(CC2)C[C@H]1c1ncc(-c2ccc3c(c2)C(F)(F)c2cc(-c4ccc5nc([C@@H]6[C@@H](C)C[C@@H](C)N6C(=O)OC(C)(C)C)[nH]c5c4)ccc2-3)[nH]1)C(C)C. The molecule has 5 atom stereocenters. The number of likely N-dealkylation sites (tertiary alicyclic amines) is 2. The maximum atomic E-state index is 16.6. The monoisotopic (exact) mass is 833 g/mol. The summed E-state index contributed by atoms with van der Waals surface area (Å²) in [7, 11) is 1.27. The molecular weight excluding hydrogens is 781 g/mol. The number of aromatic amines is 2. The molecule has 320 valence electrons. The number of carbonyl (C=O) groups excluding carboxylic acids is 3. The van der Waals surface area contributed by atoms with Crippen LogP contribution in [-0.2, 0) is 20.2 Å².